The van der Waals surface area contributed by atoms with Crippen LogP contribution in [0, 0.1) is 11.8 Å². The van der Waals surface area contributed by atoms with E-state index in [0.29, 0.717) is 18.0 Å². The number of carbonyl (C=O) groups is 1. The Balaban J connectivity index is 1.95. The zero-order valence-corrected chi connectivity index (χ0v) is 11.0. The average Bonchev–Trinajstić information content (AvgIpc) is 2.76. The number of rotatable bonds is 4. The molecular weight excluding hydrogens is 271 g/mol. The van der Waals surface area contributed by atoms with Gasteiger partial charge in [0.2, 0.25) is 0 Å². The molecule has 0 aromatic heterocycles. The number of benzene rings is 1. The fourth-order valence-corrected chi connectivity index (χ4v) is 2.38. The Morgan fingerprint density at radius 3 is 2.45 bits per heavy atom. The van der Waals surface area contributed by atoms with Gasteiger partial charge in [0, 0.05) is 18.9 Å². The van der Waals surface area contributed by atoms with E-state index in [9.17, 15) is 18.0 Å². The van der Waals surface area contributed by atoms with Gasteiger partial charge in [0.05, 0.1) is 0 Å². The van der Waals surface area contributed by atoms with Gasteiger partial charge in [-0.1, -0.05) is 19.1 Å². The van der Waals surface area contributed by atoms with Crippen LogP contribution in [0.2, 0.25) is 0 Å². The Labute approximate surface area is 115 Å². The lowest BCUT2D eigenvalue weighted by atomic mass is 9.90. The molecular formula is C14H16F3NO2. The number of Topliss-reactive ketones (excluding diaryl/α,β-unsaturated/α-hetero) is 1. The molecule has 6 heteroatoms. The van der Waals surface area contributed by atoms with Crippen LogP contribution in [0.1, 0.15) is 12.5 Å². The number of nitrogens with one attached hydrogen (secondary N) is 1. The van der Waals surface area contributed by atoms with Crippen LogP contribution in [-0.4, -0.2) is 25.2 Å². The second kappa shape index (κ2) is 5.83. The van der Waals surface area contributed by atoms with Crippen molar-refractivity contribution in [3.05, 3.63) is 29.8 Å². The minimum atomic E-state index is -4.69. The third-order valence-corrected chi connectivity index (χ3v) is 3.47. The Hall–Kier alpha value is -1.56. The molecule has 1 saturated heterocycles. The summed E-state index contributed by atoms with van der Waals surface area (Å²) in [5, 5.41) is 3.16. The average molecular weight is 287 g/mol. The first kappa shape index (κ1) is 14.8. The van der Waals surface area contributed by atoms with Crippen molar-refractivity contribution >= 4 is 5.78 Å². The van der Waals surface area contributed by atoms with Gasteiger partial charge >= 0.3 is 6.36 Å². The lowest BCUT2D eigenvalue weighted by Gasteiger charge is -2.13. The summed E-state index contributed by atoms with van der Waals surface area (Å²) in [6.07, 6.45) is -4.45. The van der Waals surface area contributed by atoms with Crippen LogP contribution in [0.5, 0.6) is 5.75 Å². The molecule has 1 aromatic carbocycles. The van der Waals surface area contributed by atoms with E-state index in [4.69, 9.17) is 0 Å². The molecule has 1 aromatic rings. The standard InChI is InChI=1S/C14H16F3NO2/c1-9-7-18-8-12(9)13(19)6-10-2-4-11(5-3-10)20-14(15,16)17/h2-5,9,12,18H,6-8H2,1H3. The van der Waals surface area contributed by atoms with E-state index >= 15 is 0 Å². The van der Waals surface area contributed by atoms with Crippen LogP contribution in [0.3, 0.4) is 0 Å². The minimum Gasteiger partial charge on any atom is -0.406 e. The maximum absolute atomic E-state index is 12.1. The fourth-order valence-electron chi connectivity index (χ4n) is 2.38. The van der Waals surface area contributed by atoms with E-state index in [0.717, 1.165) is 6.54 Å². The fraction of sp³-hybridized carbons (Fsp3) is 0.500. The summed E-state index contributed by atoms with van der Waals surface area (Å²) in [7, 11) is 0. The van der Waals surface area contributed by atoms with Crippen molar-refractivity contribution in [3.63, 3.8) is 0 Å². The van der Waals surface area contributed by atoms with Crippen molar-refractivity contribution in [2.45, 2.75) is 19.7 Å². The molecule has 2 atom stereocenters. The molecule has 0 aliphatic carbocycles. The molecule has 1 aliphatic rings. The Morgan fingerprint density at radius 1 is 1.30 bits per heavy atom. The predicted octanol–water partition coefficient (Wildman–Crippen LogP) is 2.55. The SMILES string of the molecule is CC1CNCC1C(=O)Cc1ccc(OC(F)(F)F)cc1. The molecule has 1 N–H and O–H groups in total. The molecule has 0 amide bonds. The van der Waals surface area contributed by atoms with Gasteiger partial charge in [-0.15, -0.1) is 13.2 Å². The van der Waals surface area contributed by atoms with Gasteiger partial charge in [-0.3, -0.25) is 4.79 Å². The summed E-state index contributed by atoms with van der Waals surface area (Å²) < 4.78 is 39.8. The monoisotopic (exact) mass is 287 g/mol. The predicted molar refractivity (Wildman–Crippen MR) is 67.4 cm³/mol. The van der Waals surface area contributed by atoms with Crippen molar-refractivity contribution < 1.29 is 22.7 Å². The molecule has 1 aliphatic heterocycles. The van der Waals surface area contributed by atoms with E-state index in [1.807, 2.05) is 6.92 Å². The maximum Gasteiger partial charge on any atom is 0.573 e. The number of carbonyl (C=O) groups excluding carboxylic acids is 1. The van der Waals surface area contributed by atoms with Gasteiger partial charge < -0.3 is 10.1 Å². The third kappa shape index (κ3) is 3.96. The zero-order chi connectivity index (χ0) is 14.8. The number of ether oxygens (including phenoxy) is 1. The normalized spacial score (nSPS) is 22.8. The number of hydrogen-bond acceptors (Lipinski definition) is 3. The topological polar surface area (TPSA) is 38.3 Å². The van der Waals surface area contributed by atoms with Gasteiger partial charge in [-0.2, -0.15) is 0 Å². The smallest absolute Gasteiger partial charge is 0.406 e. The van der Waals surface area contributed by atoms with Gasteiger partial charge in [-0.05, 0) is 30.2 Å². The van der Waals surface area contributed by atoms with Crippen LogP contribution < -0.4 is 10.1 Å². The maximum atomic E-state index is 12.1. The summed E-state index contributed by atoms with van der Waals surface area (Å²) in [4.78, 5) is 12.1. The van der Waals surface area contributed by atoms with Gasteiger partial charge in [-0.25, -0.2) is 0 Å². The number of alkyl halides is 3. The first-order valence-corrected chi connectivity index (χ1v) is 6.43. The molecule has 1 heterocycles. The van der Waals surface area contributed by atoms with Gasteiger partial charge in [0.1, 0.15) is 11.5 Å². The van der Waals surface area contributed by atoms with Crippen LogP contribution in [0.4, 0.5) is 13.2 Å². The second-order valence-corrected chi connectivity index (χ2v) is 5.08. The Kier molecular flexibility index (Phi) is 4.32. The van der Waals surface area contributed by atoms with E-state index in [2.05, 4.69) is 10.1 Å². The lowest BCUT2D eigenvalue weighted by molar-refractivity contribution is -0.274. The van der Waals surface area contributed by atoms with Crippen molar-refractivity contribution in [1.82, 2.24) is 5.32 Å². The molecule has 2 rings (SSSR count). The largest absolute Gasteiger partial charge is 0.573 e. The van der Waals surface area contributed by atoms with Crippen molar-refractivity contribution in [2.75, 3.05) is 13.1 Å². The number of hydrogen-bond donors (Lipinski definition) is 1. The van der Waals surface area contributed by atoms with E-state index in [1.54, 1.807) is 0 Å². The molecule has 110 valence electrons. The van der Waals surface area contributed by atoms with Crippen molar-refractivity contribution in [2.24, 2.45) is 11.8 Å². The summed E-state index contributed by atoms with van der Waals surface area (Å²) in [6, 6.07) is 5.44. The highest BCUT2D eigenvalue weighted by Crippen LogP contribution is 2.24. The highest BCUT2D eigenvalue weighted by Gasteiger charge is 2.31. The van der Waals surface area contributed by atoms with Crippen LogP contribution in [0.15, 0.2) is 24.3 Å². The van der Waals surface area contributed by atoms with Crippen molar-refractivity contribution in [1.29, 1.82) is 0 Å². The molecule has 20 heavy (non-hydrogen) atoms. The van der Waals surface area contributed by atoms with E-state index in [-0.39, 0.29) is 23.9 Å². The first-order valence-electron chi connectivity index (χ1n) is 6.43. The summed E-state index contributed by atoms with van der Waals surface area (Å²) >= 11 is 0. The summed E-state index contributed by atoms with van der Waals surface area (Å²) in [5.74, 6) is 0.132. The highest BCUT2D eigenvalue weighted by molar-refractivity contribution is 5.84. The number of ketones is 1. The lowest BCUT2D eigenvalue weighted by Crippen LogP contribution is -2.23. The number of halogens is 3. The summed E-state index contributed by atoms with van der Waals surface area (Å²) in [5.41, 5.74) is 0.698. The molecule has 0 spiro atoms. The molecule has 3 nitrogen and oxygen atoms in total. The Bertz CT molecular complexity index is 470. The zero-order valence-electron chi connectivity index (χ0n) is 11.0. The van der Waals surface area contributed by atoms with E-state index < -0.39 is 6.36 Å². The van der Waals surface area contributed by atoms with Crippen LogP contribution in [0.25, 0.3) is 0 Å². The van der Waals surface area contributed by atoms with E-state index in [1.165, 1.54) is 24.3 Å². The van der Waals surface area contributed by atoms with Crippen LogP contribution in [-0.2, 0) is 11.2 Å². The minimum absolute atomic E-state index is 0.0129. The molecule has 1 fully saturated rings. The van der Waals surface area contributed by atoms with Crippen molar-refractivity contribution in [3.8, 4) is 5.75 Å². The molecule has 0 radical (unpaired) electrons. The second-order valence-electron chi connectivity index (χ2n) is 5.08. The van der Waals surface area contributed by atoms with Gasteiger partial charge in [0.25, 0.3) is 0 Å². The van der Waals surface area contributed by atoms with Crippen LogP contribution >= 0.6 is 0 Å². The molecule has 2 unspecified atom stereocenters. The molecule has 0 bridgehead atoms. The highest BCUT2D eigenvalue weighted by atomic mass is 19.4. The molecule has 0 saturated carbocycles. The quantitative estimate of drug-likeness (QED) is 0.925. The Morgan fingerprint density at radius 2 is 1.95 bits per heavy atom. The third-order valence-electron chi connectivity index (χ3n) is 3.47. The first-order chi connectivity index (χ1) is 9.35. The summed E-state index contributed by atoms with van der Waals surface area (Å²) in [6.45, 7) is 3.52. The van der Waals surface area contributed by atoms with Gasteiger partial charge in [0.15, 0.2) is 0 Å².